The fourth-order valence-corrected chi connectivity index (χ4v) is 3.63. The number of aromatic nitrogens is 3. The third-order valence-electron chi connectivity index (χ3n) is 5.22. The van der Waals surface area contributed by atoms with Crippen LogP contribution in [0.2, 0.25) is 0 Å². The number of pyridine rings is 1. The van der Waals surface area contributed by atoms with Gasteiger partial charge in [-0.05, 0) is 31.9 Å². The molecule has 4 rings (SSSR count). The summed E-state index contributed by atoms with van der Waals surface area (Å²) in [6.45, 7) is 3.57. The Morgan fingerprint density at radius 2 is 2.00 bits per heavy atom. The number of rotatable bonds is 5. The first-order valence-corrected chi connectivity index (χ1v) is 10.00. The Bertz CT molecular complexity index is 1130. The number of nitrogens with one attached hydrogen (secondary N) is 1. The molecule has 1 aliphatic rings. The number of non-ortho nitro benzene ring substituents is 1. The zero-order chi connectivity index (χ0) is 21.8. The molecule has 0 bridgehead atoms. The second-order valence-corrected chi connectivity index (χ2v) is 7.45. The van der Waals surface area contributed by atoms with E-state index in [1.54, 1.807) is 24.4 Å². The molecule has 0 amide bonds. The third-order valence-corrected chi connectivity index (χ3v) is 5.22. The first-order chi connectivity index (χ1) is 15.0. The molecule has 0 spiro atoms. The van der Waals surface area contributed by atoms with Crippen LogP contribution in [0.25, 0.3) is 11.4 Å². The van der Waals surface area contributed by atoms with E-state index in [2.05, 4.69) is 31.2 Å². The van der Waals surface area contributed by atoms with Crippen molar-refractivity contribution in [3.8, 4) is 17.5 Å². The molecule has 0 aliphatic carbocycles. The summed E-state index contributed by atoms with van der Waals surface area (Å²) in [7, 11) is 0. The molecule has 0 radical (unpaired) electrons. The summed E-state index contributed by atoms with van der Waals surface area (Å²) >= 11 is 0. The Morgan fingerprint density at radius 3 is 2.68 bits per heavy atom. The highest BCUT2D eigenvalue weighted by molar-refractivity contribution is 5.61. The zero-order valence-corrected chi connectivity index (χ0v) is 17.0. The molecular weight excluding hydrogens is 394 g/mol. The number of nitro groups is 1. The van der Waals surface area contributed by atoms with Crippen LogP contribution in [-0.4, -0.2) is 39.0 Å². The smallest absolute Gasteiger partial charge is 0.270 e. The average Bonchev–Trinajstić information content (AvgIpc) is 2.79. The van der Waals surface area contributed by atoms with Gasteiger partial charge in [-0.2, -0.15) is 5.26 Å². The van der Waals surface area contributed by atoms with E-state index in [1.165, 1.54) is 12.1 Å². The third kappa shape index (κ3) is 4.75. The van der Waals surface area contributed by atoms with Crippen LogP contribution in [-0.2, 0) is 0 Å². The summed E-state index contributed by atoms with van der Waals surface area (Å²) in [6, 6.07) is 14.2. The van der Waals surface area contributed by atoms with Gasteiger partial charge in [0.25, 0.3) is 5.69 Å². The first-order valence-electron chi connectivity index (χ1n) is 10.00. The molecular formula is C22H21N7O2. The van der Waals surface area contributed by atoms with Crippen LogP contribution < -0.4 is 10.2 Å². The first kappa shape index (κ1) is 20.2. The fraction of sp³-hybridized carbons (Fsp3) is 0.273. The lowest BCUT2D eigenvalue weighted by Gasteiger charge is -2.33. The second-order valence-electron chi connectivity index (χ2n) is 7.45. The van der Waals surface area contributed by atoms with E-state index in [4.69, 9.17) is 5.26 Å². The zero-order valence-electron chi connectivity index (χ0n) is 17.0. The Kier molecular flexibility index (Phi) is 5.71. The van der Waals surface area contributed by atoms with Crippen molar-refractivity contribution in [2.45, 2.75) is 25.8 Å². The van der Waals surface area contributed by atoms with E-state index in [1.807, 2.05) is 19.1 Å². The minimum atomic E-state index is -0.422. The fourth-order valence-electron chi connectivity index (χ4n) is 3.63. The van der Waals surface area contributed by atoms with Crippen molar-refractivity contribution in [2.75, 3.05) is 23.3 Å². The van der Waals surface area contributed by atoms with Gasteiger partial charge in [0.15, 0.2) is 5.82 Å². The summed E-state index contributed by atoms with van der Waals surface area (Å²) in [6.07, 6.45) is 3.42. The Morgan fingerprint density at radius 1 is 1.19 bits per heavy atom. The van der Waals surface area contributed by atoms with Gasteiger partial charge >= 0.3 is 0 Å². The maximum atomic E-state index is 11.1. The minimum absolute atomic E-state index is 0.0147. The van der Waals surface area contributed by atoms with Gasteiger partial charge in [0.2, 0.25) is 0 Å². The summed E-state index contributed by atoms with van der Waals surface area (Å²) < 4.78 is 0. The van der Waals surface area contributed by atoms with Crippen molar-refractivity contribution in [1.82, 2.24) is 15.0 Å². The highest BCUT2D eigenvalue weighted by Gasteiger charge is 2.21. The number of hydrogen-bond donors (Lipinski definition) is 1. The van der Waals surface area contributed by atoms with E-state index in [0.29, 0.717) is 22.8 Å². The molecule has 156 valence electrons. The Labute approximate surface area is 179 Å². The van der Waals surface area contributed by atoms with E-state index < -0.39 is 4.92 Å². The quantitative estimate of drug-likeness (QED) is 0.494. The molecule has 0 unspecified atom stereocenters. The maximum absolute atomic E-state index is 11.1. The number of hydrogen-bond acceptors (Lipinski definition) is 8. The molecule has 1 fully saturated rings. The minimum Gasteiger partial charge on any atom is -0.367 e. The van der Waals surface area contributed by atoms with Crippen molar-refractivity contribution in [3.63, 3.8) is 0 Å². The van der Waals surface area contributed by atoms with Gasteiger partial charge in [0, 0.05) is 54.8 Å². The highest BCUT2D eigenvalue weighted by atomic mass is 16.6. The SMILES string of the molecule is Cc1cc(NC2CCN(c3ccc(C#N)cn3)CC2)nc(-c2cccc([N+](=O)[O-])c2)n1. The normalized spacial score (nSPS) is 14.1. The van der Waals surface area contributed by atoms with Crippen molar-refractivity contribution < 1.29 is 4.92 Å². The van der Waals surface area contributed by atoms with Crippen molar-refractivity contribution in [3.05, 3.63) is 70.0 Å². The molecule has 1 saturated heterocycles. The van der Waals surface area contributed by atoms with Gasteiger partial charge in [-0.1, -0.05) is 12.1 Å². The Balaban J connectivity index is 1.44. The number of aryl methyl sites for hydroxylation is 1. The molecule has 3 heterocycles. The predicted molar refractivity (Wildman–Crippen MR) is 117 cm³/mol. The van der Waals surface area contributed by atoms with E-state index in [0.717, 1.165) is 37.4 Å². The molecule has 9 heteroatoms. The van der Waals surface area contributed by atoms with Crippen LogP contribution in [0.3, 0.4) is 0 Å². The highest BCUT2D eigenvalue weighted by Crippen LogP contribution is 2.24. The lowest BCUT2D eigenvalue weighted by molar-refractivity contribution is -0.384. The standard InChI is InChI=1S/C22H21N7O2/c1-15-11-20(27-22(25-15)17-3-2-4-19(12-17)29(30)31)26-18-7-9-28(10-8-18)21-6-5-16(13-23)14-24-21/h2-6,11-12,14,18H,7-10H2,1H3,(H,25,26,27). The van der Waals surface area contributed by atoms with Crippen LogP contribution in [0.5, 0.6) is 0 Å². The van der Waals surface area contributed by atoms with E-state index in [-0.39, 0.29) is 11.7 Å². The molecule has 9 nitrogen and oxygen atoms in total. The number of nitriles is 1. The molecule has 1 aromatic carbocycles. The molecule has 1 N–H and O–H groups in total. The average molecular weight is 415 g/mol. The van der Waals surface area contributed by atoms with Crippen LogP contribution in [0.4, 0.5) is 17.3 Å². The molecule has 3 aromatic rings. The number of piperidine rings is 1. The summed E-state index contributed by atoms with van der Waals surface area (Å²) in [5.41, 5.74) is 1.97. The van der Waals surface area contributed by atoms with Gasteiger partial charge < -0.3 is 10.2 Å². The molecule has 1 aliphatic heterocycles. The summed E-state index contributed by atoms with van der Waals surface area (Å²) in [5, 5.41) is 23.5. The largest absolute Gasteiger partial charge is 0.367 e. The maximum Gasteiger partial charge on any atom is 0.270 e. The van der Waals surface area contributed by atoms with Crippen molar-refractivity contribution >= 4 is 17.3 Å². The van der Waals surface area contributed by atoms with Gasteiger partial charge in [0.05, 0.1) is 10.5 Å². The van der Waals surface area contributed by atoms with Crippen LogP contribution >= 0.6 is 0 Å². The monoisotopic (exact) mass is 415 g/mol. The van der Waals surface area contributed by atoms with Crippen molar-refractivity contribution in [2.24, 2.45) is 0 Å². The van der Waals surface area contributed by atoms with Gasteiger partial charge in [-0.3, -0.25) is 10.1 Å². The molecule has 2 aromatic heterocycles. The lowest BCUT2D eigenvalue weighted by atomic mass is 10.0. The van der Waals surface area contributed by atoms with Gasteiger partial charge in [-0.25, -0.2) is 15.0 Å². The van der Waals surface area contributed by atoms with E-state index in [9.17, 15) is 10.1 Å². The van der Waals surface area contributed by atoms with Crippen LogP contribution in [0.1, 0.15) is 24.1 Å². The summed E-state index contributed by atoms with van der Waals surface area (Å²) in [4.78, 5) is 26.3. The lowest BCUT2D eigenvalue weighted by Crippen LogP contribution is -2.39. The molecule has 0 saturated carbocycles. The Hall–Kier alpha value is -4.06. The van der Waals surface area contributed by atoms with Gasteiger partial charge in [-0.15, -0.1) is 0 Å². The van der Waals surface area contributed by atoms with Crippen LogP contribution in [0, 0.1) is 28.4 Å². The number of nitrogens with zero attached hydrogens (tertiary/aromatic N) is 6. The number of nitro benzene ring substituents is 1. The number of anilines is 2. The van der Waals surface area contributed by atoms with E-state index >= 15 is 0 Å². The number of benzene rings is 1. The van der Waals surface area contributed by atoms with Gasteiger partial charge in [0.1, 0.15) is 17.7 Å². The molecule has 31 heavy (non-hydrogen) atoms. The van der Waals surface area contributed by atoms with Crippen LogP contribution in [0.15, 0.2) is 48.7 Å². The topological polar surface area (TPSA) is 121 Å². The van der Waals surface area contributed by atoms with Crippen molar-refractivity contribution in [1.29, 1.82) is 5.26 Å². The molecule has 0 atom stereocenters. The predicted octanol–water partition coefficient (Wildman–Crippen LogP) is 3.71. The second kappa shape index (κ2) is 8.75. The summed E-state index contributed by atoms with van der Waals surface area (Å²) in [5.74, 6) is 2.05.